The number of nitro groups is 1. The lowest BCUT2D eigenvalue weighted by Crippen LogP contribution is -2.15. The van der Waals surface area contributed by atoms with Crippen LogP contribution < -0.4 is 15.6 Å². The Bertz CT molecular complexity index is 1080. The van der Waals surface area contributed by atoms with E-state index >= 15 is 0 Å². The summed E-state index contributed by atoms with van der Waals surface area (Å²) in [5, 5.41) is 14.0. The number of halogens is 3. The summed E-state index contributed by atoms with van der Waals surface area (Å²) in [6, 6.07) is 7.17. The third-order valence-corrected chi connectivity index (χ3v) is 3.82. The van der Waals surface area contributed by atoms with E-state index in [-0.39, 0.29) is 41.2 Å². The van der Waals surface area contributed by atoms with Gasteiger partial charge in [0, 0.05) is 12.6 Å². The number of para-hydroxylation sites is 1. The summed E-state index contributed by atoms with van der Waals surface area (Å²) >= 11 is 0. The summed E-state index contributed by atoms with van der Waals surface area (Å²) in [5.74, 6) is -0.335. The second-order valence-electron chi connectivity index (χ2n) is 5.64. The van der Waals surface area contributed by atoms with E-state index in [1.165, 1.54) is 24.3 Å². The molecule has 0 aliphatic carbocycles. The van der Waals surface area contributed by atoms with Crippen LogP contribution in [0.4, 0.5) is 24.5 Å². The fraction of sp³-hybridized carbons (Fsp3) is 0.176. The zero-order chi connectivity index (χ0) is 20.3. The summed E-state index contributed by atoms with van der Waals surface area (Å²) in [6.07, 6.45) is -3.39. The first-order chi connectivity index (χ1) is 13.3. The molecule has 1 heterocycles. The van der Waals surface area contributed by atoms with E-state index in [0.29, 0.717) is 0 Å². The summed E-state index contributed by atoms with van der Waals surface area (Å²) in [7, 11) is 0. The number of hydrogen-bond donors (Lipinski definition) is 2. The Morgan fingerprint density at radius 1 is 1.25 bits per heavy atom. The van der Waals surface area contributed by atoms with Crippen molar-refractivity contribution in [3.8, 4) is 5.75 Å². The molecule has 2 aromatic carbocycles. The monoisotopic (exact) mass is 394 g/mol. The number of aromatic amines is 1. The molecule has 2 N–H and O–H groups in total. The second kappa shape index (κ2) is 7.55. The average Bonchev–Trinajstić information content (AvgIpc) is 2.64. The standard InChI is InChI=1S/C17H13F3N4O4/c18-17(19,20)11-3-1-2-4-15(11)28-6-5-21-13-8-12-10(7-14(13)24(26)27)16(25)23-9-22-12/h1-4,7-9,21H,5-6H2,(H,22,23,25). The van der Waals surface area contributed by atoms with E-state index < -0.39 is 22.2 Å². The molecule has 0 amide bonds. The third kappa shape index (κ3) is 4.03. The zero-order valence-corrected chi connectivity index (χ0v) is 14.1. The van der Waals surface area contributed by atoms with Gasteiger partial charge in [0.25, 0.3) is 11.2 Å². The molecular weight excluding hydrogens is 381 g/mol. The molecule has 3 aromatic rings. The summed E-state index contributed by atoms with van der Waals surface area (Å²) in [5.41, 5.74) is -1.48. The van der Waals surface area contributed by atoms with Crippen LogP contribution in [0.25, 0.3) is 10.9 Å². The lowest BCUT2D eigenvalue weighted by atomic mass is 10.2. The van der Waals surface area contributed by atoms with E-state index in [0.717, 1.165) is 18.5 Å². The lowest BCUT2D eigenvalue weighted by Gasteiger charge is -2.14. The Hall–Kier alpha value is -3.63. The van der Waals surface area contributed by atoms with Gasteiger partial charge in [0.2, 0.25) is 0 Å². The van der Waals surface area contributed by atoms with Crippen LogP contribution in [0.15, 0.2) is 47.5 Å². The highest BCUT2D eigenvalue weighted by Crippen LogP contribution is 2.35. The zero-order valence-electron chi connectivity index (χ0n) is 14.1. The largest absolute Gasteiger partial charge is 0.491 e. The Morgan fingerprint density at radius 2 is 2.00 bits per heavy atom. The van der Waals surface area contributed by atoms with Gasteiger partial charge in [0.15, 0.2) is 0 Å². The van der Waals surface area contributed by atoms with Gasteiger partial charge in [-0.1, -0.05) is 12.1 Å². The van der Waals surface area contributed by atoms with Gasteiger partial charge in [0.1, 0.15) is 18.0 Å². The van der Waals surface area contributed by atoms with Gasteiger partial charge in [-0.3, -0.25) is 14.9 Å². The molecule has 0 fully saturated rings. The first-order valence-electron chi connectivity index (χ1n) is 7.96. The van der Waals surface area contributed by atoms with Gasteiger partial charge < -0.3 is 15.0 Å². The van der Waals surface area contributed by atoms with Crippen molar-refractivity contribution in [1.29, 1.82) is 0 Å². The molecule has 28 heavy (non-hydrogen) atoms. The Labute approximate surface area is 155 Å². The molecule has 8 nitrogen and oxygen atoms in total. The number of nitro benzene ring substituents is 1. The molecule has 3 rings (SSSR count). The predicted octanol–water partition coefficient (Wildman–Crippen LogP) is 3.34. The maximum Gasteiger partial charge on any atom is 0.419 e. The van der Waals surface area contributed by atoms with Crippen LogP contribution in [0.1, 0.15) is 5.56 Å². The Kier molecular flexibility index (Phi) is 5.16. The minimum atomic E-state index is -4.56. The van der Waals surface area contributed by atoms with E-state index in [2.05, 4.69) is 15.3 Å². The van der Waals surface area contributed by atoms with Gasteiger partial charge >= 0.3 is 6.18 Å². The number of fused-ring (bicyclic) bond motifs is 1. The molecule has 0 atom stereocenters. The number of hydrogen-bond acceptors (Lipinski definition) is 6. The van der Waals surface area contributed by atoms with Crippen molar-refractivity contribution in [2.75, 3.05) is 18.5 Å². The van der Waals surface area contributed by atoms with Crippen LogP contribution in [0.2, 0.25) is 0 Å². The van der Waals surface area contributed by atoms with Crippen molar-refractivity contribution in [3.05, 3.63) is 68.8 Å². The van der Waals surface area contributed by atoms with Crippen molar-refractivity contribution < 1.29 is 22.8 Å². The van der Waals surface area contributed by atoms with Crippen molar-refractivity contribution in [3.63, 3.8) is 0 Å². The van der Waals surface area contributed by atoms with Crippen molar-refractivity contribution >= 4 is 22.3 Å². The van der Waals surface area contributed by atoms with Crippen molar-refractivity contribution in [2.24, 2.45) is 0 Å². The molecule has 1 aromatic heterocycles. The Balaban J connectivity index is 1.75. The molecule has 0 saturated carbocycles. The predicted molar refractivity (Wildman–Crippen MR) is 94.4 cm³/mol. The van der Waals surface area contributed by atoms with Gasteiger partial charge in [0.05, 0.1) is 27.7 Å². The molecule has 0 bridgehead atoms. The van der Waals surface area contributed by atoms with Gasteiger partial charge in [-0.25, -0.2) is 4.98 Å². The molecular formula is C17H13F3N4O4. The Morgan fingerprint density at radius 3 is 2.71 bits per heavy atom. The fourth-order valence-electron chi connectivity index (χ4n) is 2.57. The van der Waals surface area contributed by atoms with E-state index in [9.17, 15) is 28.1 Å². The van der Waals surface area contributed by atoms with Crippen LogP contribution in [0, 0.1) is 10.1 Å². The normalized spacial score (nSPS) is 11.4. The van der Waals surface area contributed by atoms with Crippen LogP contribution in [0.5, 0.6) is 5.75 Å². The smallest absolute Gasteiger partial charge is 0.419 e. The number of aromatic nitrogens is 2. The maximum absolute atomic E-state index is 12.9. The quantitative estimate of drug-likeness (QED) is 0.377. The minimum Gasteiger partial charge on any atom is -0.491 e. The second-order valence-corrected chi connectivity index (χ2v) is 5.64. The van der Waals surface area contributed by atoms with Gasteiger partial charge in [-0.15, -0.1) is 0 Å². The van der Waals surface area contributed by atoms with E-state index in [1.54, 1.807) is 0 Å². The topological polar surface area (TPSA) is 110 Å². The lowest BCUT2D eigenvalue weighted by molar-refractivity contribution is -0.383. The van der Waals surface area contributed by atoms with Gasteiger partial charge in [-0.05, 0) is 18.2 Å². The van der Waals surface area contributed by atoms with Crippen molar-refractivity contribution in [1.82, 2.24) is 9.97 Å². The van der Waals surface area contributed by atoms with E-state index in [1.807, 2.05) is 0 Å². The van der Waals surface area contributed by atoms with E-state index in [4.69, 9.17) is 4.74 Å². The molecule has 0 saturated heterocycles. The summed E-state index contributed by atoms with van der Waals surface area (Å²) < 4.78 is 44.0. The average molecular weight is 394 g/mol. The maximum atomic E-state index is 12.9. The number of benzene rings is 2. The molecule has 0 radical (unpaired) electrons. The minimum absolute atomic E-state index is 0.0122. The number of alkyl halides is 3. The van der Waals surface area contributed by atoms with Crippen LogP contribution in [0.3, 0.4) is 0 Å². The highest BCUT2D eigenvalue weighted by Gasteiger charge is 2.33. The van der Waals surface area contributed by atoms with Crippen molar-refractivity contribution in [2.45, 2.75) is 6.18 Å². The van der Waals surface area contributed by atoms with Crippen LogP contribution >= 0.6 is 0 Å². The van der Waals surface area contributed by atoms with Gasteiger partial charge in [-0.2, -0.15) is 13.2 Å². The number of nitrogens with one attached hydrogen (secondary N) is 2. The summed E-state index contributed by atoms with van der Waals surface area (Å²) in [4.78, 5) is 28.6. The number of nitrogens with zero attached hydrogens (tertiary/aromatic N) is 2. The highest BCUT2D eigenvalue weighted by atomic mass is 19.4. The first-order valence-corrected chi connectivity index (χ1v) is 7.96. The van der Waals surface area contributed by atoms with Crippen LogP contribution in [-0.4, -0.2) is 28.0 Å². The molecule has 0 spiro atoms. The molecule has 146 valence electrons. The van der Waals surface area contributed by atoms with Crippen LogP contribution in [-0.2, 0) is 6.18 Å². The molecule has 0 aliphatic rings. The molecule has 0 aliphatic heterocycles. The summed E-state index contributed by atoms with van der Waals surface area (Å²) in [6.45, 7) is -0.188. The fourth-order valence-corrected chi connectivity index (χ4v) is 2.57. The number of anilines is 1. The molecule has 0 unspecified atom stereocenters. The number of rotatable bonds is 6. The highest BCUT2D eigenvalue weighted by molar-refractivity contribution is 5.86. The number of ether oxygens (including phenoxy) is 1. The first kappa shape index (κ1) is 19.1. The number of H-pyrrole nitrogens is 1. The SMILES string of the molecule is O=c1[nH]cnc2cc(NCCOc3ccccc3C(F)(F)F)c([N+](=O)[O-])cc12. The molecule has 11 heteroatoms. The third-order valence-electron chi connectivity index (χ3n) is 3.82.